The monoisotopic (exact) mass is 347 g/mol. The van der Waals surface area contributed by atoms with Crippen LogP contribution in [0.4, 0.5) is 6.01 Å². The lowest BCUT2D eigenvalue weighted by Crippen LogP contribution is -2.48. The van der Waals surface area contributed by atoms with E-state index < -0.39 is 7.82 Å². The quantitative estimate of drug-likeness (QED) is 0.680. The Morgan fingerprint density at radius 3 is 2.57 bits per heavy atom. The van der Waals surface area contributed by atoms with Crippen LogP contribution in [-0.4, -0.2) is 57.8 Å². The third kappa shape index (κ3) is 5.02. The number of oxazole rings is 1. The molecule has 0 saturated carbocycles. The fourth-order valence-electron chi connectivity index (χ4n) is 3.46. The van der Waals surface area contributed by atoms with E-state index in [-0.39, 0.29) is 0 Å². The lowest BCUT2D eigenvalue weighted by Gasteiger charge is -2.42. The summed E-state index contributed by atoms with van der Waals surface area (Å²) in [5, 5.41) is 0. The molecule has 0 aromatic carbocycles. The first-order chi connectivity index (χ1) is 10.7. The first kappa shape index (κ1) is 18.4. The van der Waals surface area contributed by atoms with Crippen molar-refractivity contribution in [3.63, 3.8) is 0 Å². The molecule has 2 heterocycles. The van der Waals surface area contributed by atoms with Gasteiger partial charge in [0, 0.05) is 26.6 Å². The first-order valence-electron chi connectivity index (χ1n) is 7.87. The summed E-state index contributed by atoms with van der Waals surface area (Å²) in [7, 11) is -0.661. The highest BCUT2D eigenvalue weighted by Crippen LogP contribution is 2.36. The summed E-state index contributed by atoms with van der Waals surface area (Å²) in [6.07, 6.45) is 4.84. The van der Waals surface area contributed by atoms with Crippen molar-refractivity contribution in [3.05, 3.63) is 11.5 Å². The summed E-state index contributed by atoms with van der Waals surface area (Å²) in [6.45, 7) is 4.68. The summed E-state index contributed by atoms with van der Waals surface area (Å²) in [4.78, 5) is 30.8. The minimum absolute atomic E-state index is 0.680. The van der Waals surface area contributed by atoms with Gasteiger partial charge in [-0.2, -0.15) is 4.98 Å². The largest absolute Gasteiger partial charge is 0.466 e. The van der Waals surface area contributed by atoms with E-state index in [4.69, 9.17) is 23.7 Å². The minimum atomic E-state index is -4.64. The molecular weight excluding hydrogens is 321 g/mol. The van der Waals surface area contributed by atoms with Crippen LogP contribution in [0.15, 0.2) is 4.42 Å². The molecule has 9 heteroatoms. The Bertz CT molecular complexity index is 562. The molecule has 1 aromatic rings. The van der Waals surface area contributed by atoms with Gasteiger partial charge >= 0.3 is 7.82 Å². The van der Waals surface area contributed by atoms with Crippen molar-refractivity contribution in [2.24, 2.45) is 5.92 Å². The molecule has 1 aliphatic carbocycles. The maximum Gasteiger partial charge on any atom is 0.466 e. The lowest BCUT2D eigenvalue weighted by atomic mass is 9.79. The van der Waals surface area contributed by atoms with E-state index in [1.54, 1.807) is 0 Å². The number of hydrogen-bond donors (Lipinski definition) is 3. The van der Waals surface area contributed by atoms with Crippen LogP contribution < -0.4 is 4.90 Å². The van der Waals surface area contributed by atoms with Gasteiger partial charge in [0.25, 0.3) is 6.01 Å². The van der Waals surface area contributed by atoms with Crippen molar-refractivity contribution in [2.45, 2.75) is 38.6 Å². The van der Waals surface area contributed by atoms with Crippen LogP contribution in [0.3, 0.4) is 0 Å². The minimum Gasteiger partial charge on any atom is -0.428 e. The molecule has 1 aliphatic heterocycles. The summed E-state index contributed by atoms with van der Waals surface area (Å²) in [6, 6.07) is 1.45. The highest BCUT2D eigenvalue weighted by atomic mass is 31.2. The Labute approximate surface area is 136 Å². The molecule has 0 unspecified atom stereocenters. The molecule has 3 rings (SSSR count). The van der Waals surface area contributed by atoms with Crippen molar-refractivity contribution in [1.29, 1.82) is 0 Å². The zero-order chi connectivity index (χ0) is 17.2. The Balaban J connectivity index is 0.000000338. The number of rotatable bonds is 2. The number of fused-ring (bicyclic) bond motifs is 2. The number of piperidine rings is 1. The number of anilines is 1. The number of likely N-dealkylation sites (tertiary alicyclic amines) is 1. The molecule has 2 atom stereocenters. The van der Waals surface area contributed by atoms with Gasteiger partial charge in [0.15, 0.2) is 0 Å². The van der Waals surface area contributed by atoms with Crippen LogP contribution in [0.2, 0.25) is 0 Å². The maximum atomic E-state index is 8.88. The molecule has 0 spiro atoms. The van der Waals surface area contributed by atoms with Crippen molar-refractivity contribution in [1.82, 2.24) is 9.88 Å². The number of aromatic nitrogens is 1. The van der Waals surface area contributed by atoms with E-state index in [1.807, 2.05) is 19.0 Å². The molecule has 3 N–H and O–H groups in total. The van der Waals surface area contributed by atoms with Crippen LogP contribution in [0.25, 0.3) is 0 Å². The molecule has 0 radical (unpaired) electrons. The Morgan fingerprint density at radius 2 is 2.00 bits per heavy atom. The van der Waals surface area contributed by atoms with Crippen molar-refractivity contribution >= 4 is 13.8 Å². The molecule has 23 heavy (non-hydrogen) atoms. The molecule has 8 nitrogen and oxygen atoms in total. The Morgan fingerprint density at radius 1 is 1.35 bits per heavy atom. The average molecular weight is 347 g/mol. The van der Waals surface area contributed by atoms with Crippen molar-refractivity contribution < 1.29 is 23.7 Å². The number of nitrogens with zero attached hydrogens (tertiary/aromatic N) is 3. The van der Waals surface area contributed by atoms with Crippen molar-refractivity contribution in [2.75, 3.05) is 32.1 Å². The van der Waals surface area contributed by atoms with Gasteiger partial charge < -0.3 is 24.0 Å². The van der Waals surface area contributed by atoms with E-state index >= 15 is 0 Å². The smallest absolute Gasteiger partial charge is 0.428 e. The normalized spacial score (nSPS) is 24.3. The standard InChI is InChI=1S/C14H23N3O.H3O4P/c1-4-17-7-5-6-10-8-11-13(9-12(10)17)18-14(15-11)16(2)3;1-5(2,3)4/h10,12H,4-9H2,1-3H3;(H3,1,2,3,4)/t10-,12-;/m1./s1. The molecule has 2 aliphatic rings. The highest BCUT2D eigenvalue weighted by molar-refractivity contribution is 7.45. The van der Waals surface area contributed by atoms with Gasteiger partial charge in [0.05, 0.1) is 5.69 Å². The van der Waals surface area contributed by atoms with Gasteiger partial charge in [0.2, 0.25) is 0 Å². The fraction of sp³-hybridized carbons (Fsp3) is 0.786. The fourth-order valence-corrected chi connectivity index (χ4v) is 3.46. The molecule has 1 saturated heterocycles. The summed E-state index contributed by atoms with van der Waals surface area (Å²) in [5.41, 5.74) is 1.21. The highest BCUT2D eigenvalue weighted by Gasteiger charge is 2.37. The average Bonchev–Trinajstić information content (AvgIpc) is 2.85. The zero-order valence-corrected chi connectivity index (χ0v) is 14.7. The van der Waals surface area contributed by atoms with Crippen LogP contribution in [0.1, 0.15) is 31.2 Å². The Kier molecular flexibility index (Phi) is 5.86. The van der Waals surface area contributed by atoms with Gasteiger partial charge in [-0.15, -0.1) is 0 Å². The van der Waals surface area contributed by atoms with E-state index in [0.717, 1.165) is 37.1 Å². The lowest BCUT2D eigenvalue weighted by molar-refractivity contribution is 0.0851. The predicted molar refractivity (Wildman–Crippen MR) is 86.3 cm³/mol. The number of phosphoric acid groups is 1. The summed E-state index contributed by atoms with van der Waals surface area (Å²) >= 11 is 0. The van der Waals surface area contributed by atoms with E-state index in [0.29, 0.717) is 6.04 Å². The molecule has 1 fully saturated rings. The van der Waals surface area contributed by atoms with Gasteiger partial charge in [-0.3, -0.25) is 4.90 Å². The van der Waals surface area contributed by atoms with Crippen molar-refractivity contribution in [3.8, 4) is 0 Å². The third-order valence-corrected chi connectivity index (χ3v) is 4.44. The zero-order valence-electron chi connectivity index (χ0n) is 13.8. The van der Waals surface area contributed by atoms with Crippen LogP contribution >= 0.6 is 7.82 Å². The van der Waals surface area contributed by atoms with Gasteiger partial charge in [0.1, 0.15) is 5.76 Å². The second kappa shape index (κ2) is 7.32. The second-order valence-electron chi connectivity index (χ2n) is 6.28. The third-order valence-electron chi connectivity index (χ3n) is 4.44. The predicted octanol–water partition coefficient (Wildman–Crippen LogP) is 1.01. The molecule has 1 aromatic heterocycles. The van der Waals surface area contributed by atoms with E-state index in [2.05, 4.69) is 16.8 Å². The summed E-state index contributed by atoms with van der Waals surface area (Å²) in [5.74, 6) is 1.91. The summed E-state index contributed by atoms with van der Waals surface area (Å²) < 4.78 is 14.8. The van der Waals surface area contributed by atoms with Crippen LogP contribution in [0, 0.1) is 5.92 Å². The second-order valence-corrected chi connectivity index (χ2v) is 7.31. The van der Waals surface area contributed by atoms with Gasteiger partial charge in [-0.1, -0.05) is 6.92 Å². The molecular formula is C14H26N3O5P. The first-order valence-corrected chi connectivity index (χ1v) is 9.43. The van der Waals surface area contributed by atoms with Crippen LogP contribution in [0.5, 0.6) is 0 Å². The molecule has 0 bridgehead atoms. The van der Waals surface area contributed by atoms with Crippen LogP contribution in [-0.2, 0) is 17.4 Å². The Hall–Kier alpha value is -0.920. The van der Waals surface area contributed by atoms with E-state index in [1.165, 1.54) is 25.1 Å². The van der Waals surface area contributed by atoms with Gasteiger partial charge in [-0.25, -0.2) is 4.57 Å². The number of hydrogen-bond acceptors (Lipinski definition) is 5. The maximum absolute atomic E-state index is 8.88. The van der Waals surface area contributed by atoms with E-state index in [9.17, 15) is 0 Å². The topological polar surface area (TPSA) is 110 Å². The van der Waals surface area contributed by atoms with Gasteiger partial charge in [-0.05, 0) is 38.3 Å². The molecule has 0 amide bonds. The molecule has 132 valence electrons. The SMILES string of the molecule is CCN1CCC[C@@H]2Cc3nc(N(C)C)oc3C[C@H]21.O=P(O)(O)O. The number of likely N-dealkylation sites (N-methyl/N-ethyl adjacent to an activating group) is 1.